The van der Waals surface area contributed by atoms with Gasteiger partial charge in [0, 0.05) is 37.7 Å². The SMILES string of the molecule is CC(C)NC(=O)CCNS(=O)(=O)c1ccc(C(=O)N2CCCC2)cc1. The molecule has 138 valence electrons. The minimum Gasteiger partial charge on any atom is -0.354 e. The van der Waals surface area contributed by atoms with E-state index in [1.165, 1.54) is 24.3 Å². The number of sulfonamides is 1. The molecule has 0 bridgehead atoms. The van der Waals surface area contributed by atoms with E-state index in [-0.39, 0.29) is 35.7 Å². The lowest BCUT2D eigenvalue weighted by Gasteiger charge is -2.15. The van der Waals surface area contributed by atoms with Gasteiger partial charge in [0.1, 0.15) is 0 Å². The Morgan fingerprint density at radius 2 is 1.72 bits per heavy atom. The number of amides is 2. The predicted molar refractivity (Wildman–Crippen MR) is 94.7 cm³/mol. The number of nitrogens with one attached hydrogen (secondary N) is 2. The summed E-state index contributed by atoms with van der Waals surface area (Å²) in [6, 6.07) is 5.91. The fourth-order valence-corrected chi connectivity index (χ4v) is 3.69. The maximum Gasteiger partial charge on any atom is 0.253 e. The number of carbonyl (C=O) groups excluding carboxylic acids is 2. The molecular weight excluding hydrogens is 342 g/mol. The zero-order valence-corrected chi connectivity index (χ0v) is 15.4. The molecule has 7 nitrogen and oxygen atoms in total. The van der Waals surface area contributed by atoms with Crippen molar-refractivity contribution in [2.75, 3.05) is 19.6 Å². The summed E-state index contributed by atoms with van der Waals surface area (Å²) in [6.07, 6.45) is 2.09. The number of hydrogen-bond donors (Lipinski definition) is 2. The quantitative estimate of drug-likeness (QED) is 0.755. The Kier molecular flexibility index (Phi) is 6.55. The summed E-state index contributed by atoms with van der Waals surface area (Å²) in [6.45, 7) is 5.20. The first-order chi connectivity index (χ1) is 11.8. The average molecular weight is 367 g/mol. The van der Waals surface area contributed by atoms with E-state index in [0.29, 0.717) is 5.56 Å². The van der Waals surface area contributed by atoms with Crippen molar-refractivity contribution in [2.45, 2.75) is 44.0 Å². The van der Waals surface area contributed by atoms with Crippen LogP contribution < -0.4 is 10.0 Å². The van der Waals surface area contributed by atoms with Crippen LogP contribution in [0.4, 0.5) is 0 Å². The monoisotopic (exact) mass is 367 g/mol. The van der Waals surface area contributed by atoms with Gasteiger partial charge in [0.25, 0.3) is 5.91 Å². The number of likely N-dealkylation sites (tertiary alicyclic amines) is 1. The molecule has 1 aromatic carbocycles. The van der Waals surface area contributed by atoms with Gasteiger partial charge in [0.15, 0.2) is 0 Å². The molecule has 0 aliphatic carbocycles. The molecule has 0 atom stereocenters. The predicted octanol–water partition coefficient (Wildman–Crippen LogP) is 1.12. The van der Waals surface area contributed by atoms with Crippen LogP contribution in [-0.2, 0) is 14.8 Å². The Labute approximate surface area is 148 Å². The number of hydrogen-bond acceptors (Lipinski definition) is 4. The molecule has 8 heteroatoms. The molecule has 0 radical (unpaired) electrons. The largest absolute Gasteiger partial charge is 0.354 e. The first-order valence-corrected chi connectivity index (χ1v) is 9.96. The maximum atomic E-state index is 12.3. The van der Waals surface area contributed by atoms with E-state index < -0.39 is 10.0 Å². The smallest absolute Gasteiger partial charge is 0.253 e. The van der Waals surface area contributed by atoms with Crippen LogP contribution in [0.3, 0.4) is 0 Å². The second-order valence-corrected chi connectivity index (χ2v) is 8.16. The highest BCUT2D eigenvalue weighted by Gasteiger charge is 2.20. The highest BCUT2D eigenvalue weighted by molar-refractivity contribution is 7.89. The van der Waals surface area contributed by atoms with Gasteiger partial charge in [-0.15, -0.1) is 0 Å². The van der Waals surface area contributed by atoms with E-state index in [9.17, 15) is 18.0 Å². The number of benzene rings is 1. The van der Waals surface area contributed by atoms with E-state index in [4.69, 9.17) is 0 Å². The normalized spacial score (nSPS) is 14.8. The molecule has 2 amide bonds. The lowest BCUT2D eigenvalue weighted by molar-refractivity contribution is -0.121. The van der Waals surface area contributed by atoms with E-state index in [1.54, 1.807) is 4.90 Å². The van der Waals surface area contributed by atoms with Gasteiger partial charge >= 0.3 is 0 Å². The summed E-state index contributed by atoms with van der Waals surface area (Å²) >= 11 is 0. The zero-order valence-electron chi connectivity index (χ0n) is 14.6. The molecule has 2 rings (SSSR count). The average Bonchev–Trinajstić information content (AvgIpc) is 3.08. The lowest BCUT2D eigenvalue weighted by atomic mass is 10.2. The molecule has 1 heterocycles. The van der Waals surface area contributed by atoms with Crippen LogP contribution in [0.5, 0.6) is 0 Å². The van der Waals surface area contributed by atoms with Gasteiger partial charge < -0.3 is 10.2 Å². The molecule has 25 heavy (non-hydrogen) atoms. The summed E-state index contributed by atoms with van der Waals surface area (Å²) in [5.74, 6) is -0.274. The molecule has 0 spiro atoms. The van der Waals surface area contributed by atoms with E-state index >= 15 is 0 Å². The highest BCUT2D eigenvalue weighted by atomic mass is 32.2. The van der Waals surface area contributed by atoms with Crippen LogP contribution in [0.15, 0.2) is 29.2 Å². The third-order valence-electron chi connectivity index (χ3n) is 3.90. The minimum atomic E-state index is -3.70. The van der Waals surface area contributed by atoms with Crippen LogP contribution in [0.25, 0.3) is 0 Å². The molecule has 1 saturated heterocycles. The second-order valence-electron chi connectivity index (χ2n) is 6.39. The molecule has 2 N–H and O–H groups in total. The second kappa shape index (κ2) is 8.44. The van der Waals surface area contributed by atoms with Gasteiger partial charge in [-0.2, -0.15) is 0 Å². The molecule has 0 unspecified atom stereocenters. The van der Waals surface area contributed by atoms with Crippen molar-refractivity contribution in [2.24, 2.45) is 0 Å². The Morgan fingerprint density at radius 3 is 2.28 bits per heavy atom. The number of nitrogens with zero attached hydrogens (tertiary/aromatic N) is 1. The van der Waals surface area contributed by atoms with Crippen LogP contribution in [0.1, 0.15) is 43.5 Å². The third-order valence-corrected chi connectivity index (χ3v) is 5.38. The van der Waals surface area contributed by atoms with Gasteiger partial charge in [0.05, 0.1) is 4.90 Å². The van der Waals surface area contributed by atoms with Gasteiger partial charge in [-0.3, -0.25) is 9.59 Å². The topological polar surface area (TPSA) is 95.6 Å². The maximum absolute atomic E-state index is 12.3. The Hall–Kier alpha value is -1.93. The van der Waals surface area contributed by atoms with Gasteiger partial charge in [-0.05, 0) is 51.0 Å². The van der Waals surface area contributed by atoms with Crippen molar-refractivity contribution in [1.29, 1.82) is 0 Å². The van der Waals surface area contributed by atoms with Crippen LogP contribution >= 0.6 is 0 Å². The van der Waals surface area contributed by atoms with E-state index in [1.807, 2.05) is 13.8 Å². The minimum absolute atomic E-state index is 0.0183. The van der Waals surface area contributed by atoms with Crippen molar-refractivity contribution in [3.8, 4) is 0 Å². The molecule has 1 fully saturated rings. The molecular formula is C17H25N3O4S. The lowest BCUT2D eigenvalue weighted by Crippen LogP contribution is -2.34. The van der Waals surface area contributed by atoms with Crippen molar-refractivity contribution in [3.63, 3.8) is 0 Å². The molecule has 1 aromatic rings. The first-order valence-electron chi connectivity index (χ1n) is 8.48. The van der Waals surface area contributed by atoms with E-state index in [2.05, 4.69) is 10.0 Å². The summed E-state index contributed by atoms with van der Waals surface area (Å²) < 4.78 is 26.9. The first kappa shape index (κ1) is 19.4. The zero-order chi connectivity index (χ0) is 18.4. The van der Waals surface area contributed by atoms with Crippen molar-refractivity contribution in [1.82, 2.24) is 14.9 Å². The van der Waals surface area contributed by atoms with E-state index in [0.717, 1.165) is 25.9 Å². The number of carbonyl (C=O) groups is 2. The van der Waals surface area contributed by atoms with Crippen molar-refractivity contribution >= 4 is 21.8 Å². The summed E-state index contributed by atoms with van der Waals surface area (Å²) in [7, 11) is -3.70. The van der Waals surface area contributed by atoms with Crippen molar-refractivity contribution in [3.05, 3.63) is 29.8 Å². The molecule has 1 aliphatic heterocycles. The molecule has 1 aliphatic rings. The van der Waals surface area contributed by atoms with Crippen LogP contribution in [0, 0.1) is 0 Å². The Bertz CT molecular complexity index is 708. The molecule has 0 aromatic heterocycles. The number of rotatable bonds is 7. The fourth-order valence-electron chi connectivity index (χ4n) is 2.66. The standard InChI is InChI=1S/C17H25N3O4S/c1-13(2)19-16(21)9-10-18-25(23,24)15-7-5-14(6-8-15)17(22)20-11-3-4-12-20/h5-8,13,18H,3-4,9-12H2,1-2H3,(H,19,21). The van der Waals surface area contributed by atoms with Crippen LogP contribution in [-0.4, -0.2) is 50.8 Å². The van der Waals surface area contributed by atoms with Crippen molar-refractivity contribution < 1.29 is 18.0 Å². The van der Waals surface area contributed by atoms with Gasteiger partial charge in [-0.25, -0.2) is 13.1 Å². The third kappa shape index (κ3) is 5.54. The fraction of sp³-hybridized carbons (Fsp3) is 0.529. The summed E-state index contributed by atoms with van der Waals surface area (Å²) in [5.41, 5.74) is 0.483. The Balaban J connectivity index is 1.93. The van der Waals surface area contributed by atoms with Crippen LogP contribution in [0.2, 0.25) is 0 Å². The van der Waals surface area contributed by atoms with Gasteiger partial charge in [0.2, 0.25) is 15.9 Å². The summed E-state index contributed by atoms with van der Waals surface area (Å²) in [5, 5.41) is 2.70. The molecule has 0 saturated carbocycles. The summed E-state index contributed by atoms with van der Waals surface area (Å²) in [4.78, 5) is 25.6. The Morgan fingerprint density at radius 1 is 1.12 bits per heavy atom. The van der Waals surface area contributed by atoms with Gasteiger partial charge in [-0.1, -0.05) is 0 Å². The highest BCUT2D eigenvalue weighted by Crippen LogP contribution is 2.15.